The van der Waals surface area contributed by atoms with E-state index in [9.17, 15) is 0 Å². The number of hydrogen-bond acceptors (Lipinski definition) is 5. The van der Waals surface area contributed by atoms with Crippen LogP contribution in [0.15, 0.2) is 10.7 Å². The van der Waals surface area contributed by atoms with Gasteiger partial charge < -0.3 is 5.32 Å². The third-order valence-corrected chi connectivity index (χ3v) is 3.89. The highest BCUT2D eigenvalue weighted by atomic mass is 32.2. The van der Waals surface area contributed by atoms with Gasteiger partial charge in [0, 0.05) is 18.3 Å². The summed E-state index contributed by atoms with van der Waals surface area (Å²) in [6.07, 6.45) is 4.03. The molecule has 0 atom stereocenters. The van der Waals surface area contributed by atoms with Gasteiger partial charge in [-0.2, -0.15) is 4.37 Å². The molecule has 0 bridgehead atoms. The lowest BCUT2D eigenvalue weighted by molar-refractivity contribution is 0.501. The van der Waals surface area contributed by atoms with Crippen LogP contribution in [0.3, 0.4) is 0 Å². The van der Waals surface area contributed by atoms with E-state index >= 15 is 0 Å². The molecule has 0 aromatic carbocycles. The number of hydrogen-bond donors (Lipinski definition) is 1. The van der Waals surface area contributed by atoms with Crippen molar-refractivity contribution in [1.29, 1.82) is 0 Å². The molecule has 1 rings (SSSR count). The van der Waals surface area contributed by atoms with E-state index in [0.29, 0.717) is 6.04 Å². The summed E-state index contributed by atoms with van der Waals surface area (Å²) in [4.78, 5) is 4.12. The van der Waals surface area contributed by atoms with E-state index in [1.807, 2.05) is 0 Å². The Balaban J connectivity index is 2.04. The van der Waals surface area contributed by atoms with Crippen LogP contribution in [-0.4, -0.2) is 27.7 Å². The molecule has 0 saturated heterocycles. The molecule has 80 valence electrons. The van der Waals surface area contributed by atoms with Crippen LogP contribution in [0.2, 0.25) is 0 Å². The summed E-state index contributed by atoms with van der Waals surface area (Å²) in [5.41, 5.74) is 0. The summed E-state index contributed by atoms with van der Waals surface area (Å²) in [5.74, 6) is 1.08. The lowest BCUT2D eigenvalue weighted by atomic mass is 10.2. The van der Waals surface area contributed by atoms with Crippen LogP contribution < -0.4 is 5.32 Å². The fourth-order valence-corrected chi connectivity index (χ4v) is 2.59. The molecule has 0 aliphatic carbocycles. The quantitative estimate of drug-likeness (QED) is 0.577. The maximum absolute atomic E-state index is 4.12. The van der Waals surface area contributed by atoms with Gasteiger partial charge in [-0.3, -0.25) is 0 Å². The van der Waals surface area contributed by atoms with Crippen molar-refractivity contribution >= 4 is 23.3 Å². The molecule has 1 aromatic rings. The van der Waals surface area contributed by atoms with Gasteiger partial charge in [0.1, 0.15) is 6.33 Å². The van der Waals surface area contributed by atoms with E-state index in [1.54, 1.807) is 18.1 Å². The van der Waals surface area contributed by atoms with Crippen LogP contribution in [0.4, 0.5) is 0 Å². The topological polar surface area (TPSA) is 37.8 Å². The Hall–Kier alpha value is -0.130. The Morgan fingerprint density at radius 3 is 2.86 bits per heavy atom. The maximum atomic E-state index is 4.12. The van der Waals surface area contributed by atoms with Crippen molar-refractivity contribution in [3.05, 3.63) is 6.33 Å². The second-order valence-electron chi connectivity index (χ2n) is 3.02. The smallest absolute Gasteiger partial charge is 0.169 e. The molecule has 1 N–H and O–H groups in total. The van der Waals surface area contributed by atoms with Crippen molar-refractivity contribution in [1.82, 2.24) is 14.7 Å². The highest BCUT2D eigenvalue weighted by molar-refractivity contribution is 8.00. The second kappa shape index (κ2) is 7.20. The molecule has 0 amide bonds. The van der Waals surface area contributed by atoms with E-state index in [2.05, 4.69) is 28.5 Å². The Morgan fingerprint density at radius 2 is 2.29 bits per heavy atom. The molecular formula is C9H17N3S2. The van der Waals surface area contributed by atoms with E-state index < -0.39 is 0 Å². The third-order valence-electron chi connectivity index (χ3n) is 2.09. The van der Waals surface area contributed by atoms with Gasteiger partial charge in [-0.1, -0.05) is 25.6 Å². The molecule has 0 unspecified atom stereocenters. The van der Waals surface area contributed by atoms with Crippen molar-refractivity contribution < 1.29 is 0 Å². The fourth-order valence-electron chi connectivity index (χ4n) is 1.21. The first-order valence-electron chi connectivity index (χ1n) is 4.99. The first kappa shape index (κ1) is 11.9. The zero-order valence-corrected chi connectivity index (χ0v) is 10.3. The van der Waals surface area contributed by atoms with Gasteiger partial charge in [-0.05, 0) is 24.4 Å². The Morgan fingerprint density at radius 1 is 1.50 bits per heavy atom. The molecule has 0 radical (unpaired) electrons. The van der Waals surface area contributed by atoms with Crippen LogP contribution >= 0.6 is 23.3 Å². The van der Waals surface area contributed by atoms with Gasteiger partial charge in [-0.25, -0.2) is 4.98 Å². The predicted octanol–water partition coefficient (Wildman–Crippen LogP) is 2.41. The molecule has 0 aliphatic heterocycles. The molecule has 0 fully saturated rings. The minimum absolute atomic E-state index is 0.671. The number of rotatable bonds is 7. The normalized spacial score (nSPS) is 11.1. The van der Waals surface area contributed by atoms with Gasteiger partial charge >= 0.3 is 0 Å². The third kappa shape index (κ3) is 4.39. The summed E-state index contributed by atoms with van der Waals surface area (Å²) < 4.78 is 5.02. The Labute approximate surface area is 93.9 Å². The van der Waals surface area contributed by atoms with E-state index in [4.69, 9.17) is 0 Å². The zero-order valence-electron chi connectivity index (χ0n) is 8.69. The van der Waals surface area contributed by atoms with Gasteiger partial charge in [0.05, 0.1) is 0 Å². The molecule has 0 aliphatic rings. The number of nitrogens with zero attached hydrogens (tertiary/aromatic N) is 2. The molecule has 14 heavy (non-hydrogen) atoms. The van der Waals surface area contributed by atoms with Gasteiger partial charge in [0.15, 0.2) is 4.34 Å². The average molecular weight is 231 g/mol. The number of thioether (sulfide) groups is 1. The summed E-state index contributed by atoms with van der Waals surface area (Å²) >= 11 is 3.24. The maximum Gasteiger partial charge on any atom is 0.169 e. The van der Waals surface area contributed by atoms with Crippen molar-refractivity contribution in [2.45, 2.75) is 37.1 Å². The Kier molecular flexibility index (Phi) is 6.14. The van der Waals surface area contributed by atoms with Crippen molar-refractivity contribution in [2.24, 2.45) is 0 Å². The SMILES string of the molecule is CCC(CC)NCCSc1ncns1. The summed E-state index contributed by atoms with van der Waals surface area (Å²) in [5, 5.41) is 3.52. The summed E-state index contributed by atoms with van der Waals surface area (Å²) in [6, 6.07) is 0.671. The summed E-state index contributed by atoms with van der Waals surface area (Å²) in [6.45, 7) is 5.49. The van der Waals surface area contributed by atoms with Crippen molar-refractivity contribution in [3.8, 4) is 0 Å². The molecule has 3 nitrogen and oxygen atoms in total. The molecule has 5 heteroatoms. The highest BCUT2D eigenvalue weighted by Gasteiger charge is 2.02. The molecular weight excluding hydrogens is 214 g/mol. The monoisotopic (exact) mass is 231 g/mol. The molecule has 1 heterocycles. The molecule has 1 aromatic heterocycles. The van der Waals surface area contributed by atoms with E-state index in [-0.39, 0.29) is 0 Å². The van der Waals surface area contributed by atoms with Crippen LogP contribution in [0.25, 0.3) is 0 Å². The largest absolute Gasteiger partial charge is 0.313 e. The minimum atomic E-state index is 0.671. The number of aromatic nitrogens is 2. The average Bonchev–Trinajstić information content (AvgIpc) is 2.71. The van der Waals surface area contributed by atoms with Crippen LogP contribution in [-0.2, 0) is 0 Å². The standard InChI is InChI=1S/C9H17N3S2/c1-3-8(4-2)10-5-6-13-9-11-7-12-14-9/h7-8,10H,3-6H2,1-2H3. The predicted molar refractivity (Wildman–Crippen MR) is 63.0 cm³/mol. The lowest BCUT2D eigenvalue weighted by Crippen LogP contribution is -2.29. The second-order valence-corrected chi connectivity index (χ2v) is 5.15. The minimum Gasteiger partial charge on any atom is -0.313 e. The summed E-state index contributed by atoms with van der Waals surface area (Å²) in [7, 11) is 0. The number of nitrogens with one attached hydrogen (secondary N) is 1. The van der Waals surface area contributed by atoms with Crippen molar-refractivity contribution in [2.75, 3.05) is 12.3 Å². The van der Waals surface area contributed by atoms with Crippen LogP contribution in [0, 0.1) is 0 Å². The van der Waals surface area contributed by atoms with Crippen LogP contribution in [0.1, 0.15) is 26.7 Å². The Bertz CT molecular complexity index is 222. The van der Waals surface area contributed by atoms with Gasteiger partial charge in [0.25, 0.3) is 0 Å². The molecule has 0 saturated carbocycles. The zero-order chi connectivity index (χ0) is 10.2. The fraction of sp³-hybridized carbons (Fsp3) is 0.778. The molecule has 0 spiro atoms. The lowest BCUT2D eigenvalue weighted by Gasteiger charge is -2.13. The van der Waals surface area contributed by atoms with E-state index in [1.165, 1.54) is 24.4 Å². The van der Waals surface area contributed by atoms with Gasteiger partial charge in [0.2, 0.25) is 0 Å². The van der Waals surface area contributed by atoms with E-state index in [0.717, 1.165) is 16.6 Å². The van der Waals surface area contributed by atoms with Crippen LogP contribution in [0.5, 0.6) is 0 Å². The highest BCUT2D eigenvalue weighted by Crippen LogP contribution is 2.17. The van der Waals surface area contributed by atoms with Gasteiger partial charge in [-0.15, -0.1) is 0 Å². The first-order chi connectivity index (χ1) is 6.86. The first-order valence-corrected chi connectivity index (χ1v) is 6.75. The van der Waals surface area contributed by atoms with Crippen molar-refractivity contribution in [3.63, 3.8) is 0 Å².